The van der Waals surface area contributed by atoms with Crippen molar-refractivity contribution in [3.05, 3.63) is 53.1 Å². The Morgan fingerprint density at radius 3 is 2.61 bits per heavy atom. The number of carbonyl (C=O) groups is 1. The van der Waals surface area contributed by atoms with Crippen LogP contribution in [0.3, 0.4) is 0 Å². The quantitative estimate of drug-likeness (QED) is 0.811. The minimum atomic E-state index is -0.131. The van der Waals surface area contributed by atoms with Crippen LogP contribution in [0.25, 0.3) is 0 Å². The van der Waals surface area contributed by atoms with E-state index in [1.54, 1.807) is 42.5 Å². The zero-order valence-electron chi connectivity index (χ0n) is 13.5. The van der Waals surface area contributed by atoms with Crippen molar-refractivity contribution >= 4 is 23.2 Å². The summed E-state index contributed by atoms with van der Waals surface area (Å²) in [5, 5.41) is 3.34. The first-order chi connectivity index (χ1) is 10.7. The maximum Gasteiger partial charge on any atom is 0.251 e. The smallest absolute Gasteiger partial charge is 0.251 e. The minimum absolute atomic E-state index is 0.0290. The number of ether oxygens (including phenoxy) is 1. The molecule has 2 aromatic carbocycles. The van der Waals surface area contributed by atoms with E-state index < -0.39 is 0 Å². The van der Waals surface area contributed by atoms with E-state index in [0.29, 0.717) is 34.3 Å². The highest BCUT2D eigenvalue weighted by atomic mass is 35.5. The zero-order chi connectivity index (χ0) is 17.0. The Balaban J connectivity index is 2.12. The number of benzene rings is 2. The van der Waals surface area contributed by atoms with Gasteiger partial charge in [-0.05, 0) is 41.8 Å². The lowest BCUT2D eigenvalue weighted by molar-refractivity contribution is 0.0939. The van der Waals surface area contributed by atoms with Crippen LogP contribution in [-0.2, 0) is 0 Å². The highest BCUT2D eigenvalue weighted by Gasteiger charge is 2.13. The number of anilines is 1. The number of hydrogen-bond donors (Lipinski definition) is 2. The van der Waals surface area contributed by atoms with Gasteiger partial charge >= 0.3 is 0 Å². The van der Waals surface area contributed by atoms with Crippen molar-refractivity contribution < 1.29 is 9.53 Å². The molecule has 0 unspecified atom stereocenters. The summed E-state index contributed by atoms with van der Waals surface area (Å²) < 4.78 is 5.73. The second kappa shape index (κ2) is 6.92. The van der Waals surface area contributed by atoms with E-state index in [9.17, 15) is 4.79 Å². The van der Waals surface area contributed by atoms with Gasteiger partial charge in [0.15, 0.2) is 0 Å². The van der Waals surface area contributed by atoms with Gasteiger partial charge in [0.05, 0.1) is 5.02 Å². The summed E-state index contributed by atoms with van der Waals surface area (Å²) in [5.41, 5.74) is 6.80. The van der Waals surface area contributed by atoms with Crippen LogP contribution >= 0.6 is 11.6 Å². The second-order valence-electron chi connectivity index (χ2n) is 6.56. The summed E-state index contributed by atoms with van der Waals surface area (Å²) in [4.78, 5) is 12.2. The molecule has 5 heteroatoms. The molecule has 0 fully saturated rings. The molecule has 0 saturated carbocycles. The van der Waals surface area contributed by atoms with E-state index >= 15 is 0 Å². The number of rotatable bonds is 4. The van der Waals surface area contributed by atoms with Gasteiger partial charge in [0, 0.05) is 17.8 Å². The number of nitrogens with two attached hydrogens (primary N) is 1. The summed E-state index contributed by atoms with van der Waals surface area (Å²) in [6, 6.07) is 12.0. The highest BCUT2D eigenvalue weighted by molar-refractivity contribution is 6.32. The molecule has 0 bridgehead atoms. The predicted molar refractivity (Wildman–Crippen MR) is 94.2 cm³/mol. The van der Waals surface area contributed by atoms with Crippen molar-refractivity contribution in [1.82, 2.24) is 5.32 Å². The zero-order valence-corrected chi connectivity index (χ0v) is 14.3. The highest BCUT2D eigenvalue weighted by Crippen LogP contribution is 2.31. The molecule has 2 rings (SSSR count). The largest absolute Gasteiger partial charge is 0.456 e. The van der Waals surface area contributed by atoms with E-state index in [1.165, 1.54) is 0 Å². The molecule has 0 saturated heterocycles. The first-order valence-corrected chi connectivity index (χ1v) is 7.73. The van der Waals surface area contributed by atoms with Gasteiger partial charge in [0.1, 0.15) is 11.5 Å². The monoisotopic (exact) mass is 332 g/mol. The molecule has 122 valence electrons. The lowest BCUT2D eigenvalue weighted by Crippen LogP contribution is -2.32. The van der Waals surface area contributed by atoms with Crippen molar-refractivity contribution in [2.24, 2.45) is 5.41 Å². The van der Waals surface area contributed by atoms with Crippen LogP contribution in [0.2, 0.25) is 5.02 Å². The number of amides is 1. The van der Waals surface area contributed by atoms with Gasteiger partial charge in [0.25, 0.3) is 5.91 Å². The molecule has 0 heterocycles. The molecule has 0 spiro atoms. The number of nitrogen functional groups attached to an aromatic ring is 1. The molecular weight excluding hydrogens is 312 g/mol. The van der Waals surface area contributed by atoms with Crippen LogP contribution in [0.5, 0.6) is 11.5 Å². The van der Waals surface area contributed by atoms with Gasteiger partial charge in [-0.1, -0.05) is 38.4 Å². The lowest BCUT2D eigenvalue weighted by Gasteiger charge is -2.18. The molecule has 0 atom stereocenters. The Bertz CT molecular complexity index is 708. The first kappa shape index (κ1) is 17.2. The van der Waals surface area contributed by atoms with Crippen molar-refractivity contribution in [3.63, 3.8) is 0 Å². The molecule has 0 aliphatic rings. The Hall–Kier alpha value is -2.20. The third-order valence-electron chi connectivity index (χ3n) is 3.06. The molecule has 3 N–H and O–H groups in total. The first-order valence-electron chi connectivity index (χ1n) is 7.36. The van der Waals surface area contributed by atoms with E-state index in [1.807, 2.05) is 0 Å². The molecule has 4 nitrogen and oxygen atoms in total. The topological polar surface area (TPSA) is 64.3 Å². The number of nitrogens with one attached hydrogen (secondary N) is 1. The summed E-state index contributed by atoms with van der Waals surface area (Å²) in [5.74, 6) is 0.905. The Kier molecular flexibility index (Phi) is 5.16. The van der Waals surface area contributed by atoms with E-state index in [2.05, 4.69) is 26.1 Å². The summed E-state index contributed by atoms with van der Waals surface area (Å²) in [6.07, 6.45) is 0. The normalized spacial score (nSPS) is 11.1. The van der Waals surface area contributed by atoms with E-state index in [-0.39, 0.29) is 11.3 Å². The van der Waals surface area contributed by atoms with Crippen molar-refractivity contribution in [2.45, 2.75) is 20.8 Å². The van der Waals surface area contributed by atoms with Crippen molar-refractivity contribution in [3.8, 4) is 11.5 Å². The third kappa shape index (κ3) is 5.18. The standard InChI is InChI=1S/C18H21ClN2O2/c1-18(2,3)11-21-17(22)12-5-4-6-14(9-12)23-16-8-7-13(20)10-15(16)19/h4-10H,11,20H2,1-3H3,(H,21,22). The fourth-order valence-electron chi connectivity index (χ4n) is 1.88. The minimum Gasteiger partial charge on any atom is -0.456 e. The molecule has 0 aliphatic heterocycles. The van der Waals surface area contributed by atoms with Crippen LogP contribution in [-0.4, -0.2) is 12.5 Å². The maximum atomic E-state index is 12.2. The van der Waals surface area contributed by atoms with Gasteiger partial charge in [-0.15, -0.1) is 0 Å². The van der Waals surface area contributed by atoms with Gasteiger partial charge in [-0.2, -0.15) is 0 Å². The second-order valence-corrected chi connectivity index (χ2v) is 6.97. The van der Waals surface area contributed by atoms with Gasteiger partial charge in [0.2, 0.25) is 0 Å². The van der Waals surface area contributed by atoms with Crippen LogP contribution in [0.4, 0.5) is 5.69 Å². The number of carbonyl (C=O) groups excluding carboxylic acids is 1. The van der Waals surface area contributed by atoms with Crippen LogP contribution < -0.4 is 15.8 Å². The number of halogens is 1. The molecule has 2 aromatic rings. The lowest BCUT2D eigenvalue weighted by atomic mass is 9.97. The Morgan fingerprint density at radius 2 is 1.96 bits per heavy atom. The molecule has 0 aromatic heterocycles. The summed E-state index contributed by atoms with van der Waals surface area (Å²) >= 11 is 6.10. The van der Waals surface area contributed by atoms with Crippen LogP contribution in [0.15, 0.2) is 42.5 Å². The molecule has 0 aliphatic carbocycles. The van der Waals surface area contributed by atoms with Gasteiger partial charge in [-0.25, -0.2) is 0 Å². The van der Waals surface area contributed by atoms with Gasteiger partial charge < -0.3 is 15.8 Å². The van der Waals surface area contributed by atoms with Crippen molar-refractivity contribution in [1.29, 1.82) is 0 Å². The molecule has 1 amide bonds. The average molecular weight is 333 g/mol. The Morgan fingerprint density at radius 1 is 1.22 bits per heavy atom. The van der Waals surface area contributed by atoms with E-state index in [0.717, 1.165) is 0 Å². The molecule has 0 radical (unpaired) electrons. The number of hydrogen-bond acceptors (Lipinski definition) is 3. The fraction of sp³-hybridized carbons (Fsp3) is 0.278. The maximum absolute atomic E-state index is 12.2. The molecule has 23 heavy (non-hydrogen) atoms. The predicted octanol–water partition coefficient (Wildman–Crippen LogP) is 4.49. The Labute approximate surface area is 141 Å². The van der Waals surface area contributed by atoms with E-state index in [4.69, 9.17) is 22.1 Å². The van der Waals surface area contributed by atoms with Crippen LogP contribution in [0, 0.1) is 5.41 Å². The summed E-state index contributed by atoms with van der Waals surface area (Å²) in [6.45, 7) is 6.79. The van der Waals surface area contributed by atoms with Crippen molar-refractivity contribution in [2.75, 3.05) is 12.3 Å². The third-order valence-corrected chi connectivity index (χ3v) is 3.35. The average Bonchev–Trinajstić information content (AvgIpc) is 2.47. The van der Waals surface area contributed by atoms with Gasteiger partial charge in [-0.3, -0.25) is 4.79 Å². The summed E-state index contributed by atoms with van der Waals surface area (Å²) in [7, 11) is 0. The fourth-order valence-corrected chi connectivity index (χ4v) is 2.10. The van der Waals surface area contributed by atoms with Crippen LogP contribution in [0.1, 0.15) is 31.1 Å². The molecular formula is C18H21ClN2O2. The SMILES string of the molecule is CC(C)(C)CNC(=O)c1cccc(Oc2ccc(N)cc2Cl)c1.